The molecule has 194 valence electrons. The van der Waals surface area contributed by atoms with E-state index < -0.39 is 11.5 Å². The fourth-order valence-electron chi connectivity index (χ4n) is 4.30. The first kappa shape index (κ1) is 26.8. The number of amides is 1. The molecule has 0 aliphatic heterocycles. The van der Waals surface area contributed by atoms with Crippen molar-refractivity contribution in [2.24, 2.45) is 5.73 Å². The van der Waals surface area contributed by atoms with E-state index in [0.717, 1.165) is 38.2 Å². The second-order valence-corrected chi connectivity index (χ2v) is 12.8. The van der Waals surface area contributed by atoms with E-state index in [4.69, 9.17) is 10.5 Å². The summed E-state index contributed by atoms with van der Waals surface area (Å²) in [4.78, 5) is 16.6. The number of aromatic nitrogens is 2. The number of nitrogens with two attached hydrogens (primary N) is 1. The highest BCUT2D eigenvalue weighted by Crippen LogP contribution is 2.43. The van der Waals surface area contributed by atoms with E-state index in [1.54, 1.807) is 18.0 Å². The Hall–Kier alpha value is -3.29. The number of pyridine rings is 1. The summed E-state index contributed by atoms with van der Waals surface area (Å²) in [5.41, 5.74) is 9.88. The lowest BCUT2D eigenvalue weighted by atomic mass is 10.0. The van der Waals surface area contributed by atoms with Crippen LogP contribution < -0.4 is 10.5 Å². The second-order valence-electron chi connectivity index (χ2n) is 10.9. The molecule has 3 N–H and O–H groups in total. The molecule has 7 heteroatoms. The molecule has 0 radical (unpaired) electrons. The van der Waals surface area contributed by atoms with Crippen LogP contribution in [0.25, 0.3) is 22.0 Å². The Morgan fingerprint density at radius 1 is 1.05 bits per heavy atom. The quantitative estimate of drug-likeness (QED) is 0.273. The predicted molar refractivity (Wildman–Crippen MR) is 151 cm³/mol. The highest BCUT2D eigenvalue weighted by molar-refractivity contribution is 8.00. The fourth-order valence-corrected chi connectivity index (χ4v) is 5.49. The van der Waals surface area contributed by atoms with Crippen LogP contribution >= 0.6 is 11.8 Å². The number of carbonyl (C=O) groups excluding carboxylic acids is 1. The predicted octanol–water partition coefficient (Wildman–Crippen LogP) is 5.82. The second kappa shape index (κ2) is 10.6. The lowest BCUT2D eigenvalue weighted by Crippen LogP contribution is -2.24. The fraction of sp³-hybridized carbons (Fsp3) is 0.333. The number of aliphatic hydroxyl groups is 1. The van der Waals surface area contributed by atoms with Gasteiger partial charge in [-0.2, -0.15) is 0 Å². The van der Waals surface area contributed by atoms with Gasteiger partial charge in [0.15, 0.2) is 6.61 Å². The van der Waals surface area contributed by atoms with E-state index in [0.29, 0.717) is 18.7 Å². The van der Waals surface area contributed by atoms with Crippen molar-refractivity contribution < 1.29 is 14.6 Å². The minimum atomic E-state index is -0.894. The molecule has 37 heavy (non-hydrogen) atoms. The van der Waals surface area contributed by atoms with Crippen LogP contribution in [0.5, 0.6) is 5.75 Å². The molecule has 0 saturated carbocycles. The van der Waals surface area contributed by atoms with Crippen molar-refractivity contribution in [3.63, 3.8) is 0 Å². The van der Waals surface area contributed by atoms with Crippen molar-refractivity contribution in [3.05, 3.63) is 78.2 Å². The molecule has 2 aromatic carbocycles. The van der Waals surface area contributed by atoms with Crippen LogP contribution in [0, 0.1) is 0 Å². The standard InChI is InChI=1S/C30H35N3O3S/c1-29(2,3)37-28-24-15-23(36-19-27(31)34)12-13-25(24)33(26(28)16-30(4,5)35)18-20-8-10-21(11-9-20)22-7-6-14-32-17-22/h6-15,17,35H,16,18-19H2,1-5H3,(H2,31,34). The van der Waals surface area contributed by atoms with Crippen molar-refractivity contribution in [2.45, 2.75) is 62.8 Å². The highest BCUT2D eigenvalue weighted by atomic mass is 32.2. The smallest absolute Gasteiger partial charge is 0.255 e. The summed E-state index contributed by atoms with van der Waals surface area (Å²) in [6, 6.07) is 18.4. The Morgan fingerprint density at radius 2 is 1.78 bits per heavy atom. The maximum atomic E-state index is 11.3. The number of carbonyl (C=O) groups is 1. The van der Waals surface area contributed by atoms with Crippen molar-refractivity contribution in [1.82, 2.24) is 9.55 Å². The van der Waals surface area contributed by atoms with Gasteiger partial charge in [0, 0.05) is 51.6 Å². The number of fused-ring (bicyclic) bond motifs is 1. The Bertz CT molecular complexity index is 1380. The summed E-state index contributed by atoms with van der Waals surface area (Å²) in [5, 5.41) is 11.9. The van der Waals surface area contributed by atoms with Crippen LogP contribution in [-0.2, 0) is 17.8 Å². The number of hydrogen-bond donors (Lipinski definition) is 2. The van der Waals surface area contributed by atoms with Gasteiger partial charge in [-0.05, 0) is 54.8 Å². The topological polar surface area (TPSA) is 90.4 Å². The van der Waals surface area contributed by atoms with Gasteiger partial charge in [0.2, 0.25) is 0 Å². The molecular formula is C30H35N3O3S. The zero-order chi connectivity index (χ0) is 26.8. The average molecular weight is 518 g/mol. The molecule has 0 spiro atoms. The van der Waals surface area contributed by atoms with Gasteiger partial charge in [-0.25, -0.2) is 0 Å². The molecule has 2 heterocycles. The molecule has 4 aromatic rings. The summed E-state index contributed by atoms with van der Waals surface area (Å²) in [6.07, 6.45) is 4.13. The van der Waals surface area contributed by atoms with Crippen molar-refractivity contribution in [3.8, 4) is 16.9 Å². The molecule has 1 amide bonds. The number of thioether (sulfide) groups is 1. The van der Waals surface area contributed by atoms with Crippen molar-refractivity contribution >= 4 is 28.6 Å². The Balaban J connectivity index is 1.81. The molecule has 6 nitrogen and oxygen atoms in total. The summed E-state index contributed by atoms with van der Waals surface area (Å²) in [5.74, 6) is 0.0780. The van der Waals surface area contributed by atoms with E-state index >= 15 is 0 Å². The van der Waals surface area contributed by atoms with E-state index in [9.17, 15) is 9.90 Å². The molecule has 0 fully saturated rings. The molecular weight excluding hydrogens is 482 g/mol. The highest BCUT2D eigenvalue weighted by Gasteiger charge is 2.27. The van der Waals surface area contributed by atoms with Gasteiger partial charge in [0.1, 0.15) is 5.75 Å². The largest absolute Gasteiger partial charge is 0.484 e. The monoisotopic (exact) mass is 517 g/mol. The zero-order valence-electron chi connectivity index (χ0n) is 22.1. The average Bonchev–Trinajstić information content (AvgIpc) is 3.08. The Labute approximate surface area is 222 Å². The third-order valence-corrected chi connectivity index (χ3v) is 7.04. The van der Waals surface area contributed by atoms with E-state index in [1.165, 1.54) is 0 Å². The first-order chi connectivity index (χ1) is 17.4. The molecule has 0 aliphatic carbocycles. The van der Waals surface area contributed by atoms with Gasteiger partial charge in [-0.3, -0.25) is 9.78 Å². The van der Waals surface area contributed by atoms with Gasteiger partial charge in [0.05, 0.1) is 5.60 Å². The minimum absolute atomic E-state index is 0.0527. The molecule has 0 saturated heterocycles. The number of benzene rings is 2. The van der Waals surface area contributed by atoms with E-state index in [1.807, 2.05) is 44.3 Å². The number of primary amides is 1. The van der Waals surface area contributed by atoms with Gasteiger partial charge >= 0.3 is 0 Å². The lowest BCUT2D eigenvalue weighted by molar-refractivity contribution is -0.119. The lowest BCUT2D eigenvalue weighted by Gasteiger charge is -2.23. The number of hydrogen-bond acceptors (Lipinski definition) is 5. The summed E-state index contributed by atoms with van der Waals surface area (Å²) >= 11 is 1.78. The zero-order valence-corrected chi connectivity index (χ0v) is 22.9. The van der Waals surface area contributed by atoms with Crippen LogP contribution in [0.1, 0.15) is 45.9 Å². The first-order valence-electron chi connectivity index (χ1n) is 12.4. The molecule has 2 aromatic heterocycles. The van der Waals surface area contributed by atoms with E-state index in [2.05, 4.69) is 60.7 Å². The Kier molecular flexibility index (Phi) is 7.67. The number of nitrogens with zero attached hydrogens (tertiary/aromatic N) is 2. The van der Waals surface area contributed by atoms with Gasteiger partial charge in [0.25, 0.3) is 5.91 Å². The maximum absolute atomic E-state index is 11.3. The molecule has 0 unspecified atom stereocenters. The van der Waals surface area contributed by atoms with Crippen LogP contribution in [0.4, 0.5) is 0 Å². The molecule has 4 rings (SSSR count). The summed E-state index contributed by atoms with van der Waals surface area (Å²) in [7, 11) is 0. The van der Waals surface area contributed by atoms with Crippen LogP contribution in [0.3, 0.4) is 0 Å². The number of ether oxygens (including phenoxy) is 1. The van der Waals surface area contributed by atoms with Crippen molar-refractivity contribution in [1.29, 1.82) is 0 Å². The van der Waals surface area contributed by atoms with Gasteiger partial charge in [-0.15, -0.1) is 11.8 Å². The summed E-state index contributed by atoms with van der Waals surface area (Å²) in [6.45, 7) is 10.7. The summed E-state index contributed by atoms with van der Waals surface area (Å²) < 4.78 is 7.87. The maximum Gasteiger partial charge on any atom is 0.255 e. The number of rotatable bonds is 9. The SMILES string of the molecule is CC(C)(O)Cc1c(SC(C)(C)C)c2cc(OCC(N)=O)ccc2n1Cc1ccc(-c2cccnc2)cc1. The van der Waals surface area contributed by atoms with E-state index in [-0.39, 0.29) is 11.4 Å². The molecule has 0 aliphatic rings. The van der Waals surface area contributed by atoms with Crippen LogP contribution in [0.15, 0.2) is 71.9 Å². The minimum Gasteiger partial charge on any atom is -0.484 e. The third kappa shape index (κ3) is 6.93. The van der Waals surface area contributed by atoms with Gasteiger partial charge < -0.3 is 20.1 Å². The molecule has 0 bridgehead atoms. The van der Waals surface area contributed by atoms with Crippen LogP contribution in [0.2, 0.25) is 0 Å². The third-order valence-electron chi connectivity index (χ3n) is 5.77. The normalized spacial score (nSPS) is 12.2. The van der Waals surface area contributed by atoms with Gasteiger partial charge in [-0.1, -0.05) is 51.1 Å². The van der Waals surface area contributed by atoms with Crippen molar-refractivity contribution in [2.75, 3.05) is 6.61 Å². The molecule has 0 atom stereocenters. The van der Waals surface area contributed by atoms with Crippen LogP contribution in [-0.4, -0.2) is 37.5 Å². The Morgan fingerprint density at radius 3 is 2.38 bits per heavy atom. The first-order valence-corrected chi connectivity index (χ1v) is 13.2.